The van der Waals surface area contributed by atoms with Gasteiger partial charge in [-0.15, -0.1) is 0 Å². The summed E-state index contributed by atoms with van der Waals surface area (Å²) in [4.78, 5) is 0. The summed E-state index contributed by atoms with van der Waals surface area (Å²) in [6, 6.07) is 7.63. The molecule has 18 heavy (non-hydrogen) atoms. The molecule has 0 heterocycles. The van der Waals surface area contributed by atoms with Crippen molar-refractivity contribution >= 4 is 0 Å². The minimum atomic E-state index is -0.497. The van der Waals surface area contributed by atoms with E-state index in [9.17, 15) is 5.11 Å². The summed E-state index contributed by atoms with van der Waals surface area (Å²) in [5, 5.41) is 10.3. The van der Waals surface area contributed by atoms with Crippen LogP contribution in [0.25, 0.3) is 0 Å². The summed E-state index contributed by atoms with van der Waals surface area (Å²) in [5.74, 6) is 0.742. The smallest absolute Gasteiger partial charge is 0.125 e. The Kier molecular flexibility index (Phi) is 5.63. The van der Waals surface area contributed by atoms with Gasteiger partial charge in [0.05, 0.1) is 12.7 Å². The average molecular weight is 252 g/mol. The Bertz CT molecular complexity index is 355. The Hall–Kier alpha value is -1.06. The molecule has 0 radical (unpaired) electrons. The number of aliphatic hydroxyl groups is 1. The van der Waals surface area contributed by atoms with E-state index in [2.05, 4.69) is 20.8 Å². The van der Waals surface area contributed by atoms with Crippen molar-refractivity contribution in [2.75, 3.05) is 20.3 Å². The van der Waals surface area contributed by atoms with Gasteiger partial charge in [0.1, 0.15) is 12.4 Å². The molecule has 0 saturated carbocycles. The number of rotatable bonds is 6. The van der Waals surface area contributed by atoms with E-state index >= 15 is 0 Å². The van der Waals surface area contributed by atoms with Crippen molar-refractivity contribution in [3.63, 3.8) is 0 Å². The van der Waals surface area contributed by atoms with E-state index < -0.39 is 6.10 Å². The van der Waals surface area contributed by atoms with E-state index in [1.54, 1.807) is 7.11 Å². The van der Waals surface area contributed by atoms with Gasteiger partial charge in [0.25, 0.3) is 0 Å². The summed E-state index contributed by atoms with van der Waals surface area (Å²) in [7, 11) is 1.64. The van der Waals surface area contributed by atoms with Crippen LogP contribution in [0, 0.1) is 5.41 Å². The first-order valence-corrected chi connectivity index (χ1v) is 6.33. The van der Waals surface area contributed by atoms with Crippen LogP contribution in [0.4, 0.5) is 0 Å². The van der Waals surface area contributed by atoms with E-state index in [1.165, 1.54) is 0 Å². The van der Waals surface area contributed by atoms with E-state index in [1.807, 2.05) is 24.3 Å². The summed E-state index contributed by atoms with van der Waals surface area (Å²) < 4.78 is 10.6. The van der Waals surface area contributed by atoms with E-state index in [0.29, 0.717) is 19.6 Å². The van der Waals surface area contributed by atoms with Crippen LogP contribution in [0.15, 0.2) is 24.3 Å². The molecule has 1 rings (SSSR count). The molecule has 0 aliphatic rings. The number of hydrogen-bond donors (Lipinski definition) is 1. The maximum atomic E-state index is 10.3. The van der Waals surface area contributed by atoms with Crippen molar-refractivity contribution in [1.29, 1.82) is 0 Å². The van der Waals surface area contributed by atoms with Crippen LogP contribution in [0.1, 0.15) is 38.9 Å². The van der Waals surface area contributed by atoms with Crippen LogP contribution in [-0.4, -0.2) is 25.4 Å². The molecular weight excluding hydrogens is 228 g/mol. The zero-order chi connectivity index (χ0) is 13.6. The molecule has 0 spiro atoms. The first kappa shape index (κ1) is 15.0. The predicted octanol–water partition coefficient (Wildman–Crippen LogP) is 3.18. The third-order valence-corrected chi connectivity index (χ3v) is 2.63. The largest absolute Gasteiger partial charge is 0.491 e. The van der Waals surface area contributed by atoms with Crippen LogP contribution in [0.3, 0.4) is 0 Å². The zero-order valence-corrected chi connectivity index (χ0v) is 11.8. The molecule has 0 amide bonds. The number of methoxy groups -OCH3 is 1. The van der Waals surface area contributed by atoms with Crippen molar-refractivity contribution in [2.45, 2.75) is 33.3 Å². The standard InChI is InChI=1S/C15H24O3/c1-15(2,3)11-13(16)12-7-5-6-8-14(12)18-10-9-17-4/h5-8,13,16H,9-11H2,1-4H3. The highest BCUT2D eigenvalue weighted by atomic mass is 16.5. The maximum Gasteiger partial charge on any atom is 0.125 e. The van der Waals surface area contributed by atoms with Crippen molar-refractivity contribution in [1.82, 2.24) is 0 Å². The van der Waals surface area contributed by atoms with Crippen molar-refractivity contribution in [3.05, 3.63) is 29.8 Å². The Balaban J connectivity index is 2.74. The van der Waals surface area contributed by atoms with Gasteiger partial charge >= 0.3 is 0 Å². The second-order valence-corrected chi connectivity index (χ2v) is 5.66. The van der Waals surface area contributed by atoms with Gasteiger partial charge in [-0.05, 0) is 17.9 Å². The Morgan fingerprint density at radius 2 is 1.83 bits per heavy atom. The van der Waals surface area contributed by atoms with Crippen LogP contribution >= 0.6 is 0 Å². The Morgan fingerprint density at radius 3 is 2.44 bits per heavy atom. The van der Waals surface area contributed by atoms with Crippen LogP contribution in [0.2, 0.25) is 0 Å². The molecule has 102 valence electrons. The molecule has 1 N–H and O–H groups in total. The minimum Gasteiger partial charge on any atom is -0.491 e. The van der Waals surface area contributed by atoms with Gasteiger partial charge in [0.2, 0.25) is 0 Å². The maximum absolute atomic E-state index is 10.3. The van der Waals surface area contributed by atoms with Gasteiger partial charge in [-0.1, -0.05) is 39.0 Å². The zero-order valence-electron chi connectivity index (χ0n) is 11.8. The van der Waals surface area contributed by atoms with E-state index in [0.717, 1.165) is 11.3 Å². The normalized spacial score (nSPS) is 13.4. The van der Waals surface area contributed by atoms with Crippen molar-refractivity contribution < 1.29 is 14.6 Å². The molecule has 0 aliphatic heterocycles. The summed E-state index contributed by atoms with van der Waals surface area (Å²) in [6.07, 6.45) is 0.209. The second-order valence-electron chi connectivity index (χ2n) is 5.66. The molecule has 3 heteroatoms. The highest BCUT2D eigenvalue weighted by Crippen LogP contribution is 2.33. The molecule has 1 atom stereocenters. The Labute approximate surface area is 110 Å². The number of ether oxygens (including phenoxy) is 2. The minimum absolute atomic E-state index is 0.0824. The molecule has 3 nitrogen and oxygen atoms in total. The highest BCUT2D eigenvalue weighted by Gasteiger charge is 2.20. The van der Waals surface area contributed by atoms with Gasteiger partial charge in [-0.25, -0.2) is 0 Å². The molecule has 0 fully saturated rings. The van der Waals surface area contributed by atoms with E-state index in [-0.39, 0.29) is 5.41 Å². The van der Waals surface area contributed by atoms with Gasteiger partial charge in [-0.2, -0.15) is 0 Å². The lowest BCUT2D eigenvalue weighted by Crippen LogP contribution is -2.13. The SMILES string of the molecule is COCCOc1ccccc1C(O)CC(C)(C)C. The highest BCUT2D eigenvalue weighted by molar-refractivity contribution is 5.35. The molecule has 0 aliphatic carbocycles. The lowest BCUT2D eigenvalue weighted by atomic mass is 9.87. The molecule has 0 bridgehead atoms. The third kappa shape index (κ3) is 5.07. The number of para-hydroxylation sites is 1. The fourth-order valence-corrected chi connectivity index (χ4v) is 1.81. The first-order valence-electron chi connectivity index (χ1n) is 6.33. The van der Waals surface area contributed by atoms with Crippen LogP contribution in [0.5, 0.6) is 5.75 Å². The summed E-state index contributed by atoms with van der Waals surface area (Å²) in [5.41, 5.74) is 0.933. The number of hydrogen-bond acceptors (Lipinski definition) is 3. The van der Waals surface area contributed by atoms with Gasteiger partial charge < -0.3 is 14.6 Å². The summed E-state index contributed by atoms with van der Waals surface area (Å²) in [6.45, 7) is 7.39. The van der Waals surface area contributed by atoms with Crippen molar-refractivity contribution in [3.8, 4) is 5.75 Å². The monoisotopic (exact) mass is 252 g/mol. The van der Waals surface area contributed by atoms with Crippen LogP contribution < -0.4 is 4.74 Å². The Morgan fingerprint density at radius 1 is 1.17 bits per heavy atom. The number of benzene rings is 1. The van der Waals surface area contributed by atoms with E-state index in [4.69, 9.17) is 9.47 Å². The quantitative estimate of drug-likeness (QED) is 0.790. The second kappa shape index (κ2) is 6.76. The van der Waals surface area contributed by atoms with Crippen LogP contribution in [-0.2, 0) is 4.74 Å². The fraction of sp³-hybridized carbons (Fsp3) is 0.600. The van der Waals surface area contributed by atoms with Gasteiger partial charge in [0, 0.05) is 12.7 Å². The topological polar surface area (TPSA) is 38.7 Å². The van der Waals surface area contributed by atoms with Crippen molar-refractivity contribution in [2.24, 2.45) is 5.41 Å². The predicted molar refractivity (Wildman–Crippen MR) is 72.8 cm³/mol. The molecule has 0 saturated heterocycles. The molecule has 1 unspecified atom stereocenters. The summed E-state index contributed by atoms with van der Waals surface area (Å²) >= 11 is 0. The molecule has 1 aromatic rings. The van der Waals surface area contributed by atoms with Gasteiger partial charge in [-0.3, -0.25) is 0 Å². The number of aliphatic hydroxyl groups excluding tert-OH is 1. The third-order valence-electron chi connectivity index (χ3n) is 2.63. The molecule has 0 aromatic heterocycles. The molecular formula is C15H24O3. The lowest BCUT2D eigenvalue weighted by Gasteiger charge is -2.24. The van der Waals surface area contributed by atoms with Gasteiger partial charge in [0.15, 0.2) is 0 Å². The first-order chi connectivity index (χ1) is 8.44. The molecule has 1 aromatic carbocycles. The lowest BCUT2D eigenvalue weighted by molar-refractivity contribution is 0.113. The fourth-order valence-electron chi connectivity index (χ4n) is 1.81. The average Bonchev–Trinajstić information content (AvgIpc) is 2.27.